The molecule has 2 aromatic carbocycles. The van der Waals surface area contributed by atoms with Gasteiger partial charge in [-0.05, 0) is 59.6 Å². The summed E-state index contributed by atoms with van der Waals surface area (Å²) in [5.74, 6) is 2.80. The molecule has 4 aliphatic carbocycles. The summed E-state index contributed by atoms with van der Waals surface area (Å²) in [7, 11) is 2.27. The number of benzene rings is 2. The number of aryl methyl sites for hydroxylation is 1. The molecule has 5 atom stereocenters. The van der Waals surface area contributed by atoms with Crippen LogP contribution in [-0.2, 0) is 7.05 Å². The Balaban J connectivity index is 1.53. The van der Waals surface area contributed by atoms with E-state index in [9.17, 15) is 0 Å². The molecule has 0 bridgehead atoms. The van der Waals surface area contributed by atoms with E-state index in [0.29, 0.717) is 11.3 Å². The van der Waals surface area contributed by atoms with Gasteiger partial charge in [0, 0.05) is 29.4 Å². The Hall–Kier alpha value is -2.54. The van der Waals surface area contributed by atoms with Crippen molar-refractivity contribution in [2.24, 2.45) is 30.2 Å². The average Bonchev–Trinajstić information content (AvgIpc) is 3.41. The minimum atomic E-state index is 0.387. The highest BCUT2D eigenvalue weighted by Gasteiger charge is 2.59. The number of nitrogens with zero attached hydrogens (tertiary/aromatic N) is 1. The maximum absolute atomic E-state index is 2.55. The van der Waals surface area contributed by atoms with Gasteiger partial charge in [0.05, 0.1) is 5.69 Å². The molecule has 30 heavy (non-hydrogen) atoms. The third kappa shape index (κ3) is 1.99. The SMILES string of the molecule is Cn1c2c(c3ccccc31)C(C13CCCCC1C1C=CC=CC1C3)c1ccccc1-2. The van der Waals surface area contributed by atoms with E-state index in [0.717, 1.165) is 17.8 Å². The van der Waals surface area contributed by atoms with Gasteiger partial charge in [-0.2, -0.15) is 0 Å². The van der Waals surface area contributed by atoms with Crippen LogP contribution in [0.4, 0.5) is 0 Å². The summed E-state index contributed by atoms with van der Waals surface area (Å²) in [6.07, 6.45) is 16.6. The van der Waals surface area contributed by atoms with E-state index >= 15 is 0 Å². The Bertz CT molecular complexity index is 1220. The first-order chi connectivity index (χ1) is 14.8. The second-order valence-electron chi connectivity index (χ2n) is 10.2. The van der Waals surface area contributed by atoms with Crippen molar-refractivity contribution in [3.05, 3.63) is 84.0 Å². The quantitative estimate of drug-likeness (QED) is 0.412. The second kappa shape index (κ2) is 6.00. The molecular weight excluding hydrogens is 362 g/mol. The highest BCUT2D eigenvalue weighted by molar-refractivity contribution is 5.96. The minimum Gasteiger partial charge on any atom is -0.343 e. The van der Waals surface area contributed by atoms with Crippen molar-refractivity contribution < 1.29 is 0 Å². The standard InChI is InChI=1S/C29H29N/c1-30-25-16-7-6-14-23(25)26-27(21-12-4-5-13-22(21)28(26)30)29-17-9-8-15-24(29)20-11-3-2-10-19(20)18-29/h2-7,10-14,16,19-20,24,27H,8-9,15,17-18H2,1H3. The minimum absolute atomic E-state index is 0.387. The molecule has 3 aromatic rings. The van der Waals surface area contributed by atoms with Crippen molar-refractivity contribution in [3.63, 3.8) is 0 Å². The van der Waals surface area contributed by atoms with Gasteiger partial charge < -0.3 is 4.57 Å². The van der Waals surface area contributed by atoms with Gasteiger partial charge in [0.25, 0.3) is 0 Å². The highest BCUT2D eigenvalue weighted by atomic mass is 15.0. The first-order valence-electron chi connectivity index (χ1n) is 11.8. The molecule has 150 valence electrons. The fourth-order valence-corrected chi connectivity index (χ4v) is 8.10. The Morgan fingerprint density at radius 1 is 0.933 bits per heavy atom. The van der Waals surface area contributed by atoms with Crippen LogP contribution in [0.25, 0.3) is 22.2 Å². The van der Waals surface area contributed by atoms with Crippen LogP contribution in [0.2, 0.25) is 0 Å². The molecule has 4 aliphatic rings. The maximum Gasteiger partial charge on any atom is 0.0530 e. The van der Waals surface area contributed by atoms with Crippen LogP contribution in [0.5, 0.6) is 0 Å². The normalized spacial score (nSPS) is 33.4. The largest absolute Gasteiger partial charge is 0.343 e. The number of fused-ring (bicyclic) bond motifs is 8. The third-order valence-electron chi connectivity index (χ3n) is 9.06. The predicted octanol–water partition coefficient (Wildman–Crippen LogP) is 7.23. The van der Waals surface area contributed by atoms with Gasteiger partial charge in [-0.3, -0.25) is 0 Å². The molecular formula is C29H29N. The summed E-state index contributed by atoms with van der Waals surface area (Å²) in [6.45, 7) is 0. The zero-order valence-corrected chi connectivity index (χ0v) is 17.7. The molecule has 2 fully saturated rings. The summed E-state index contributed by atoms with van der Waals surface area (Å²) < 4.78 is 2.47. The number of para-hydroxylation sites is 1. The average molecular weight is 392 g/mol. The fourth-order valence-electron chi connectivity index (χ4n) is 8.10. The zero-order valence-electron chi connectivity index (χ0n) is 17.7. The highest BCUT2D eigenvalue weighted by Crippen LogP contribution is 2.69. The topological polar surface area (TPSA) is 4.93 Å². The molecule has 7 rings (SSSR count). The smallest absolute Gasteiger partial charge is 0.0530 e. The Morgan fingerprint density at radius 3 is 2.73 bits per heavy atom. The van der Waals surface area contributed by atoms with Crippen molar-refractivity contribution in [1.82, 2.24) is 4.57 Å². The lowest BCUT2D eigenvalue weighted by Crippen LogP contribution is -2.37. The summed E-state index contributed by atoms with van der Waals surface area (Å²) >= 11 is 0. The molecule has 2 saturated carbocycles. The molecule has 1 heteroatoms. The van der Waals surface area contributed by atoms with Gasteiger partial charge in [-0.15, -0.1) is 0 Å². The fraction of sp³-hybridized carbons (Fsp3) is 0.379. The molecule has 1 nitrogen and oxygen atoms in total. The van der Waals surface area contributed by atoms with E-state index < -0.39 is 0 Å². The second-order valence-corrected chi connectivity index (χ2v) is 10.2. The summed E-state index contributed by atoms with van der Waals surface area (Å²) in [5.41, 5.74) is 7.97. The number of aromatic nitrogens is 1. The molecule has 0 radical (unpaired) electrons. The monoisotopic (exact) mass is 391 g/mol. The van der Waals surface area contributed by atoms with Crippen LogP contribution >= 0.6 is 0 Å². The summed E-state index contributed by atoms with van der Waals surface area (Å²) in [4.78, 5) is 0. The number of hydrogen-bond donors (Lipinski definition) is 0. The van der Waals surface area contributed by atoms with E-state index in [-0.39, 0.29) is 0 Å². The van der Waals surface area contributed by atoms with E-state index in [2.05, 4.69) is 84.4 Å². The van der Waals surface area contributed by atoms with Crippen molar-refractivity contribution in [1.29, 1.82) is 0 Å². The van der Waals surface area contributed by atoms with Gasteiger partial charge in [0.15, 0.2) is 0 Å². The van der Waals surface area contributed by atoms with Crippen LogP contribution in [-0.4, -0.2) is 4.57 Å². The van der Waals surface area contributed by atoms with Crippen molar-refractivity contribution in [2.75, 3.05) is 0 Å². The van der Waals surface area contributed by atoms with Crippen LogP contribution in [0, 0.1) is 23.2 Å². The molecule has 5 unspecified atom stereocenters. The molecule has 1 heterocycles. The van der Waals surface area contributed by atoms with Gasteiger partial charge in [0.2, 0.25) is 0 Å². The Morgan fingerprint density at radius 2 is 1.77 bits per heavy atom. The summed E-state index contributed by atoms with van der Waals surface area (Å²) in [5, 5.41) is 1.48. The molecule has 0 saturated heterocycles. The number of hydrogen-bond acceptors (Lipinski definition) is 0. The third-order valence-corrected chi connectivity index (χ3v) is 9.06. The van der Waals surface area contributed by atoms with Gasteiger partial charge in [0.1, 0.15) is 0 Å². The van der Waals surface area contributed by atoms with Crippen molar-refractivity contribution >= 4 is 10.9 Å². The lowest BCUT2D eigenvalue weighted by atomic mass is 9.57. The lowest BCUT2D eigenvalue weighted by Gasteiger charge is -2.46. The van der Waals surface area contributed by atoms with Crippen LogP contribution < -0.4 is 0 Å². The maximum atomic E-state index is 2.55. The van der Waals surface area contributed by atoms with Crippen molar-refractivity contribution in [3.8, 4) is 11.3 Å². The summed E-state index contributed by atoms with van der Waals surface area (Å²) in [6, 6.07) is 18.5. The van der Waals surface area contributed by atoms with E-state index in [1.165, 1.54) is 54.3 Å². The first kappa shape index (κ1) is 17.2. The predicted molar refractivity (Wildman–Crippen MR) is 124 cm³/mol. The molecule has 0 aliphatic heterocycles. The van der Waals surface area contributed by atoms with Gasteiger partial charge >= 0.3 is 0 Å². The molecule has 1 aromatic heterocycles. The number of rotatable bonds is 1. The lowest BCUT2D eigenvalue weighted by molar-refractivity contribution is 0.0949. The Kier molecular flexibility index (Phi) is 3.44. The molecule has 0 N–H and O–H groups in total. The van der Waals surface area contributed by atoms with Crippen LogP contribution in [0.3, 0.4) is 0 Å². The van der Waals surface area contributed by atoms with Crippen LogP contribution in [0.1, 0.15) is 49.1 Å². The zero-order chi connectivity index (χ0) is 19.9. The van der Waals surface area contributed by atoms with Gasteiger partial charge in [-0.25, -0.2) is 0 Å². The first-order valence-corrected chi connectivity index (χ1v) is 11.8. The Labute approximate surface area is 179 Å². The van der Waals surface area contributed by atoms with Crippen LogP contribution in [0.15, 0.2) is 72.8 Å². The van der Waals surface area contributed by atoms with Gasteiger partial charge in [-0.1, -0.05) is 79.6 Å². The van der Waals surface area contributed by atoms with E-state index in [1.54, 1.807) is 11.1 Å². The number of allylic oxidation sites excluding steroid dienone is 4. The van der Waals surface area contributed by atoms with Crippen molar-refractivity contribution in [2.45, 2.75) is 38.0 Å². The van der Waals surface area contributed by atoms with E-state index in [1.807, 2.05) is 0 Å². The molecule has 0 spiro atoms. The van der Waals surface area contributed by atoms with E-state index in [4.69, 9.17) is 0 Å². The molecule has 0 amide bonds.